The van der Waals surface area contributed by atoms with E-state index in [-0.39, 0.29) is 16.0 Å². The van der Waals surface area contributed by atoms with Crippen molar-refractivity contribution in [3.63, 3.8) is 0 Å². The highest BCUT2D eigenvalue weighted by atomic mass is 16.6. The van der Waals surface area contributed by atoms with Crippen LogP contribution in [0.1, 0.15) is 52.0 Å². The molecule has 0 unspecified atom stereocenters. The fourth-order valence-corrected chi connectivity index (χ4v) is 2.18. The molecule has 0 atom stereocenters. The van der Waals surface area contributed by atoms with Crippen molar-refractivity contribution in [2.45, 2.75) is 53.4 Å². The van der Waals surface area contributed by atoms with Gasteiger partial charge in [-0.05, 0) is 24.8 Å². The molecular weight excluding hydrogens is 254 g/mol. The second-order valence-corrected chi connectivity index (χ2v) is 6.06. The van der Waals surface area contributed by atoms with Crippen LogP contribution in [0.2, 0.25) is 0 Å². The summed E-state index contributed by atoms with van der Waals surface area (Å²) in [4.78, 5) is 14.8. The van der Waals surface area contributed by atoms with Crippen LogP contribution in [0.25, 0.3) is 0 Å². The maximum Gasteiger partial charge on any atom is 0.314 e. The number of anilines is 1. The molecule has 0 amide bonds. The third-order valence-electron chi connectivity index (χ3n) is 3.50. The first-order valence-electron chi connectivity index (χ1n) is 7.21. The Labute approximate surface area is 121 Å². The van der Waals surface area contributed by atoms with Crippen LogP contribution >= 0.6 is 0 Å². The molecular formula is C15H25N3O2. The van der Waals surface area contributed by atoms with E-state index in [1.165, 1.54) is 19.3 Å². The summed E-state index contributed by atoms with van der Waals surface area (Å²) < 4.78 is 0. The number of aryl methyl sites for hydroxylation is 1. The summed E-state index contributed by atoms with van der Waals surface area (Å²) in [6, 6.07) is 1.66. The van der Waals surface area contributed by atoms with Crippen LogP contribution in [0.15, 0.2) is 12.3 Å². The molecule has 0 aromatic carbocycles. The molecule has 0 radical (unpaired) electrons. The average molecular weight is 279 g/mol. The minimum absolute atomic E-state index is 0.0804. The highest BCUT2D eigenvalue weighted by Gasteiger charge is 2.22. The van der Waals surface area contributed by atoms with Gasteiger partial charge >= 0.3 is 5.69 Å². The van der Waals surface area contributed by atoms with Gasteiger partial charge in [-0.25, -0.2) is 4.98 Å². The van der Waals surface area contributed by atoms with Crippen molar-refractivity contribution in [3.8, 4) is 0 Å². The first kappa shape index (κ1) is 16.4. The Morgan fingerprint density at radius 2 is 2.10 bits per heavy atom. The minimum Gasteiger partial charge on any atom is -0.364 e. The summed E-state index contributed by atoms with van der Waals surface area (Å²) >= 11 is 0. The molecule has 0 aliphatic rings. The number of nitro groups is 1. The van der Waals surface area contributed by atoms with Gasteiger partial charge in [0.1, 0.15) is 0 Å². The standard InChI is InChI=1S/C15H25N3O2/c1-5-6-7-9-15(3,4)11-17-14-13(18(19)20)12(2)8-10-16-14/h8,10H,5-7,9,11H2,1-4H3,(H,16,17). The molecule has 5 heteroatoms. The zero-order valence-electron chi connectivity index (χ0n) is 12.9. The van der Waals surface area contributed by atoms with Crippen molar-refractivity contribution in [2.24, 2.45) is 5.41 Å². The van der Waals surface area contributed by atoms with Gasteiger partial charge in [0, 0.05) is 18.3 Å². The van der Waals surface area contributed by atoms with Crippen LogP contribution in [0.3, 0.4) is 0 Å². The van der Waals surface area contributed by atoms with Gasteiger partial charge in [0.25, 0.3) is 0 Å². The minimum atomic E-state index is -0.366. The van der Waals surface area contributed by atoms with Crippen molar-refractivity contribution in [3.05, 3.63) is 27.9 Å². The summed E-state index contributed by atoms with van der Waals surface area (Å²) in [5.41, 5.74) is 0.821. The van der Waals surface area contributed by atoms with Crippen LogP contribution in [0.4, 0.5) is 11.5 Å². The quantitative estimate of drug-likeness (QED) is 0.437. The van der Waals surface area contributed by atoms with Crippen molar-refractivity contribution in [2.75, 3.05) is 11.9 Å². The highest BCUT2D eigenvalue weighted by Crippen LogP contribution is 2.28. The van der Waals surface area contributed by atoms with Crippen LogP contribution in [0.5, 0.6) is 0 Å². The molecule has 0 saturated heterocycles. The van der Waals surface area contributed by atoms with Crippen molar-refractivity contribution >= 4 is 11.5 Å². The van der Waals surface area contributed by atoms with Crippen molar-refractivity contribution in [1.82, 2.24) is 4.98 Å². The van der Waals surface area contributed by atoms with E-state index in [1.807, 2.05) is 0 Å². The first-order chi connectivity index (χ1) is 9.37. The van der Waals surface area contributed by atoms with Gasteiger partial charge < -0.3 is 5.32 Å². The number of rotatable bonds is 8. The molecule has 0 bridgehead atoms. The molecule has 0 spiro atoms. The Balaban J connectivity index is 2.70. The summed E-state index contributed by atoms with van der Waals surface area (Å²) in [7, 11) is 0. The fourth-order valence-electron chi connectivity index (χ4n) is 2.18. The maximum absolute atomic E-state index is 11.1. The van der Waals surface area contributed by atoms with Crippen LogP contribution < -0.4 is 5.32 Å². The lowest BCUT2D eigenvalue weighted by Crippen LogP contribution is -2.24. The first-order valence-corrected chi connectivity index (χ1v) is 7.21. The van der Waals surface area contributed by atoms with Gasteiger partial charge in [-0.3, -0.25) is 10.1 Å². The largest absolute Gasteiger partial charge is 0.364 e. The second-order valence-electron chi connectivity index (χ2n) is 6.06. The molecule has 0 fully saturated rings. The van der Waals surface area contributed by atoms with E-state index in [9.17, 15) is 10.1 Å². The Morgan fingerprint density at radius 1 is 1.40 bits per heavy atom. The summed E-state index contributed by atoms with van der Waals surface area (Å²) in [5, 5.41) is 14.3. The third kappa shape index (κ3) is 4.79. The molecule has 1 N–H and O–H groups in total. The lowest BCUT2D eigenvalue weighted by atomic mass is 9.87. The molecule has 112 valence electrons. The molecule has 1 aromatic rings. The Bertz CT molecular complexity index is 458. The predicted octanol–water partition coefficient (Wildman–Crippen LogP) is 4.32. The SMILES string of the molecule is CCCCCC(C)(C)CNc1nccc(C)c1[N+](=O)[O-]. The third-order valence-corrected chi connectivity index (χ3v) is 3.50. The number of nitrogens with one attached hydrogen (secondary N) is 1. The predicted molar refractivity (Wildman–Crippen MR) is 82.0 cm³/mol. The number of unbranched alkanes of at least 4 members (excludes halogenated alkanes) is 2. The lowest BCUT2D eigenvalue weighted by Gasteiger charge is -2.25. The Morgan fingerprint density at radius 3 is 2.70 bits per heavy atom. The maximum atomic E-state index is 11.1. The second kappa shape index (κ2) is 7.22. The molecule has 0 aliphatic heterocycles. The van der Waals surface area contributed by atoms with Crippen LogP contribution in [0, 0.1) is 22.5 Å². The molecule has 20 heavy (non-hydrogen) atoms. The van der Waals surface area contributed by atoms with Crippen LogP contribution in [-0.2, 0) is 0 Å². The zero-order valence-corrected chi connectivity index (χ0v) is 12.9. The van der Waals surface area contributed by atoms with E-state index in [4.69, 9.17) is 0 Å². The van der Waals surface area contributed by atoms with Crippen molar-refractivity contribution < 1.29 is 4.92 Å². The number of hydrogen-bond acceptors (Lipinski definition) is 4. The van der Waals surface area contributed by atoms with Gasteiger partial charge in [-0.2, -0.15) is 0 Å². The smallest absolute Gasteiger partial charge is 0.314 e. The number of aromatic nitrogens is 1. The van der Waals surface area contributed by atoms with E-state index in [1.54, 1.807) is 19.2 Å². The average Bonchev–Trinajstić information content (AvgIpc) is 2.36. The summed E-state index contributed by atoms with van der Waals surface area (Å²) in [6.45, 7) is 8.96. The normalized spacial score (nSPS) is 11.4. The van der Waals surface area contributed by atoms with Gasteiger partial charge in [-0.1, -0.05) is 40.0 Å². The summed E-state index contributed by atoms with van der Waals surface area (Å²) in [6.07, 6.45) is 6.33. The topological polar surface area (TPSA) is 68.1 Å². The van der Waals surface area contributed by atoms with Gasteiger partial charge in [0.15, 0.2) is 0 Å². The highest BCUT2D eigenvalue weighted by molar-refractivity contribution is 5.59. The van der Waals surface area contributed by atoms with Crippen LogP contribution in [-0.4, -0.2) is 16.5 Å². The fraction of sp³-hybridized carbons (Fsp3) is 0.667. The van der Waals surface area contributed by atoms with E-state index in [0.717, 1.165) is 6.42 Å². The Hall–Kier alpha value is -1.65. The van der Waals surface area contributed by atoms with E-state index >= 15 is 0 Å². The van der Waals surface area contributed by atoms with E-state index in [2.05, 4.69) is 31.1 Å². The lowest BCUT2D eigenvalue weighted by molar-refractivity contribution is -0.384. The number of nitrogens with zero attached hydrogens (tertiary/aromatic N) is 2. The van der Waals surface area contributed by atoms with Crippen molar-refractivity contribution in [1.29, 1.82) is 0 Å². The van der Waals surface area contributed by atoms with Gasteiger partial charge in [-0.15, -0.1) is 0 Å². The number of pyridine rings is 1. The Kier molecular flexibility index (Phi) is 5.92. The molecule has 5 nitrogen and oxygen atoms in total. The van der Waals surface area contributed by atoms with E-state index in [0.29, 0.717) is 17.9 Å². The number of hydrogen-bond donors (Lipinski definition) is 1. The molecule has 0 saturated carbocycles. The summed E-state index contributed by atoms with van der Waals surface area (Å²) in [5.74, 6) is 0.374. The molecule has 0 aliphatic carbocycles. The molecule has 1 aromatic heterocycles. The monoisotopic (exact) mass is 279 g/mol. The van der Waals surface area contributed by atoms with Gasteiger partial charge in [0.2, 0.25) is 5.82 Å². The molecule has 1 rings (SSSR count). The molecule has 1 heterocycles. The van der Waals surface area contributed by atoms with E-state index < -0.39 is 0 Å². The zero-order chi connectivity index (χ0) is 15.2. The van der Waals surface area contributed by atoms with Gasteiger partial charge in [0.05, 0.1) is 4.92 Å².